The first kappa shape index (κ1) is 62.9. The highest BCUT2D eigenvalue weighted by Crippen LogP contribution is 2.43. The Hall–Kier alpha value is -2.06. The molecule has 3 atom stereocenters. The summed E-state index contributed by atoms with van der Waals surface area (Å²) >= 11 is 0. The number of aliphatic hydroxyl groups excluding tert-OH is 1. The second-order valence-corrected chi connectivity index (χ2v) is 20.7. The van der Waals surface area contributed by atoms with E-state index in [0.717, 1.165) is 70.6 Å². The summed E-state index contributed by atoms with van der Waals surface area (Å²) in [6, 6.07) is -0.881. The summed E-state index contributed by atoms with van der Waals surface area (Å²) in [7, 11) is 1.53. The van der Waals surface area contributed by atoms with Crippen LogP contribution in [0.2, 0.25) is 0 Å². The van der Waals surface area contributed by atoms with Crippen molar-refractivity contribution in [2.45, 2.75) is 238 Å². The van der Waals surface area contributed by atoms with Gasteiger partial charge in [-0.1, -0.05) is 209 Å². The second-order valence-electron chi connectivity index (χ2n) is 19.2. The lowest BCUT2D eigenvalue weighted by Crippen LogP contribution is -2.45. The molecule has 3 N–H and O–H groups in total. The number of allylic oxidation sites excluding steroid dienone is 11. The number of aliphatic hydroxyl groups is 1. The molecular weight excluding hydrogens is 828 g/mol. The van der Waals surface area contributed by atoms with Gasteiger partial charge in [-0.05, 0) is 83.5 Å². The standard InChI is InChI=1S/C56H103N2O6P/c1-6-8-10-12-14-16-18-20-22-24-26-27-28-29-30-32-33-35-37-39-41-43-45-47-49-55(59)54(53-64-65(61,62)63-52-51-58(3,4)5)57-56(60)50-48-46-44-42-40-38-36-34-31-25-23-21-19-17-15-13-11-9-7-2/h15,17,21,23,31-34,39,41,47,49,54-55,59H,6-14,16,18-20,22,24-30,35-38,40,42-46,48,50-53H2,1-5H3,(H-,57,60,61,62)/p+1/b17-15-,23-21-,33-32+,34-31-,41-39+,49-47+. The second kappa shape index (κ2) is 47.0. The number of carbonyl (C=O) groups is 1. The van der Waals surface area contributed by atoms with Crippen molar-refractivity contribution in [3.05, 3.63) is 72.9 Å². The highest BCUT2D eigenvalue weighted by Gasteiger charge is 2.27. The fourth-order valence-corrected chi connectivity index (χ4v) is 8.11. The number of phosphoric acid groups is 1. The van der Waals surface area contributed by atoms with Crippen molar-refractivity contribution in [2.75, 3.05) is 40.9 Å². The van der Waals surface area contributed by atoms with Gasteiger partial charge >= 0.3 is 7.82 Å². The van der Waals surface area contributed by atoms with Gasteiger partial charge in [0.2, 0.25) is 5.91 Å². The zero-order valence-corrected chi connectivity index (χ0v) is 43.9. The lowest BCUT2D eigenvalue weighted by atomic mass is 10.0. The molecule has 3 unspecified atom stereocenters. The Morgan fingerprint density at radius 2 is 0.892 bits per heavy atom. The first-order chi connectivity index (χ1) is 31.5. The first-order valence-corrected chi connectivity index (χ1v) is 28.3. The maximum Gasteiger partial charge on any atom is 0.472 e. The van der Waals surface area contributed by atoms with Crippen LogP contribution in [-0.4, -0.2) is 73.4 Å². The molecule has 0 spiro atoms. The summed E-state index contributed by atoms with van der Waals surface area (Å²) in [4.78, 5) is 23.2. The molecule has 1 amide bonds. The van der Waals surface area contributed by atoms with Crippen molar-refractivity contribution in [2.24, 2.45) is 0 Å². The maximum atomic E-state index is 12.9. The number of quaternary nitrogens is 1. The van der Waals surface area contributed by atoms with Gasteiger partial charge < -0.3 is 19.8 Å². The minimum atomic E-state index is -4.36. The van der Waals surface area contributed by atoms with E-state index < -0.39 is 20.0 Å². The number of nitrogens with zero attached hydrogens (tertiary/aromatic N) is 1. The van der Waals surface area contributed by atoms with E-state index in [1.165, 1.54) is 135 Å². The van der Waals surface area contributed by atoms with Gasteiger partial charge in [0.15, 0.2) is 0 Å². The number of unbranched alkanes of at least 4 members (excludes halogenated alkanes) is 25. The van der Waals surface area contributed by atoms with Gasteiger partial charge in [0.05, 0.1) is 39.9 Å². The van der Waals surface area contributed by atoms with Crippen molar-refractivity contribution in [3.8, 4) is 0 Å². The molecule has 0 fully saturated rings. The van der Waals surface area contributed by atoms with Crippen LogP contribution in [0.25, 0.3) is 0 Å². The molecule has 0 aromatic rings. The number of likely N-dealkylation sites (N-methyl/N-ethyl adjacent to an activating group) is 1. The van der Waals surface area contributed by atoms with Crippen LogP contribution >= 0.6 is 7.82 Å². The van der Waals surface area contributed by atoms with E-state index in [1.807, 2.05) is 27.2 Å². The van der Waals surface area contributed by atoms with Crippen molar-refractivity contribution in [1.29, 1.82) is 0 Å². The number of hydrogen-bond donors (Lipinski definition) is 3. The summed E-state index contributed by atoms with van der Waals surface area (Å²) in [6.45, 7) is 4.75. The molecular formula is C56H104N2O6P+. The molecule has 65 heavy (non-hydrogen) atoms. The molecule has 9 heteroatoms. The van der Waals surface area contributed by atoms with Crippen LogP contribution < -0.4 is 5.32 Å². The Morgan fingerprint density at radius 1 is 0.523 bits per heavy atom. The van der Waals surface area contributed by atoms with Gasteiger partial charge in [-0.25, -0.2) is 4.57 Å². The van der Waals surface area contributed by atoms with Crippen LogP contribution in [-0.2, 0) is 18.4 Å². The zero-order chi connectivity index (χ0) is 47.8. The van der Waals surface area contributed by atoms with E-state index in [1.54, 1.807) is 6.08 Å². The van der Waals surface area contributed by atoms with Crippen LogP contribution in [0.1, 0.15) is 226 Å². The van der Waals surface area contributed by atoms with Gasteiger partial charge in [-0.3, -0.25) is 13.8 Å². The molecule has 0 aliphatic heterocycles. The minimum absolute atomic E-state index is 0.0476. The Labute approximate surface area is 402 Å². The lowest BCUT2D eigenvalue weighted by molar-refractivity contribution is -0.870. The summed E-state index contributed by atoms with van der Waals surface area (Å²) in [5.41, 5.74) is 0. The molecule has 0 saturated heterocycles. The minimum Gasteiger partial charge on any atom is -0.387 e. The average molecular weight is 932 g/mol. The van der Waals surface area contributed by atoms with Gasteiger partial charge in [0.25, 0.3) is 0 Å². The molecule has 0 aliphatic carbocycles. The Morgan fingerprint density at radius 3 is 1.37 bits per heavy atom. The molecule has 0 radical (unpaired) electrons. The Balaban J connectivity index is 4.39. The molecule has 0 heterocycles. The molecule has 0 rings (SSSR count). The molecule has 0 aromatic carbocycles. The predicted molar refractivity (Wildman–Crippen MR) is 281 cm³/mol. The van der Waals surface area contributed by atoms with E-state index in [-0.39, 0.29) is 19.1 Å². The molecule has 0 aliphatic rings. The van der Waals surface area contributed by atoms with Gasteiger partial charge in [0, 0.05) is 6.42 Å². The van der Waals surface area contributed by atoms with E-state index in [0.29, 0.717) is 17.4 Å². The van der Waals surface area contributed by atoms with Gasteiger partial charge in [-0.2, -0.15) is 0 Å². The van der Waals surface area contributed by atoms with Crippen LogP contribution in [0.15, 0.2) is 72.9 Å². The lowest BCUT2D eigenvalue weighted by Gasteiger charge is -2.25. The third-order valence-electron chi connectivity index (χ3n) is 11.6. The largest absolute Gasteiger partial charge is 0.472 e. The number of hydrogen-bond acceptors (Lipinski definition) is 5. The van der Waals surface area contributed by atoms with Crippen molar-refractivity contribution in [1.82, 2.24) is 5.32 Å². The Kier molecular flexibility index (Phi) is 45.5. The van der Waals surface area contributed by atoms with Crippen LogP contribution in [0, 0.1) is 0 Å². The van der Waals surface area contributed by atoms with Gasteiger partial charge in [0.1, 0.15) is 13.2 Å². The molecule has 0 bridgehead atoms. The van der Waals surface area contributed by atoms with Crippen LogP contribution in [0.4, 0.5) is 0 Å². The summed E-state index contributed by atoms with van der Waals surface area (Å²) < 4.78 is 23.6. The first-order valence-electron chi connectivity index (χ1n) is 26.8. The van der Waals surface area contributed by atoms with E-state index >= 15 is 0 Å². The summed E-state index contributed by atoms with van der Waals surface area (Å²) in [5, 5.41) is 13.9. The van der Waals surface area contributed by atoms with Crippen molar-refractivity contribution >= 4 is 13.7 Å². The van der Waals surface area contributed by atoms with E-state index in [9.17, 15) is 19.4 Å². The van der Waals surface area contributed by atoms with Crippen LogP contribution in [0.5, 0.6) is 0 Å². The third kappa shape index (κ3) is 49.7. The normalized spacial score (nSPS) is 14.6. The molecule has 378 valence electrons. The van der Waals surface area contributed by atoms with Crippen molar-refractivity contribution < 1.29 is 32.9 Å². The molecule has 8 nitrogen and oxygen atoms in total. The smallest absolute Gasteiger partial charge is 0.387 e. The van der Waals surface area contributed by atoms with E-state index in [2.05, 4.69) is 79.9 Å². The number of rotatable bonds is 48. The number of carbonyl (C=O) groups excluding carboxylic acids is 1. The molecule has 0 saturated carbocycles. The summed E-state index contributed by atoms with van der Waals surface area (Å²) in [6.07, 6.45) is 64.2. The SMILES string of the molecule is CCCCC/C=C\C/C=C\C/C=C\CCCCCCCCC(=O)NC(COP(=O)(O)OCC[N+](C)(C)C)C(O)/C=C/CC/C=C/CC/C=C/CCCCCCCCCCCCCCCC. The predicted octanol–water partition coefficient (Wildman–Crippen LogP) is 15.9. The topological polar surface area (TPSA) is 105 Å². The van der Waals surface area contributed by atoms with Gasteiger partial charge in [-0.15, -0.1) is 0 Å². The van der Waals surface area contributed by atoms with E-state index in [4.69, 9.17) is 9.05 Å². The number of nitrogens with one attached hydrogen (secondary N) is 1. The molecule has 0 aromatic heterocycles. The monoisotopic (exact) mass is 932 g/mol. The highest BCUT2D eigenvalue weighted by molar-refractivity contribution is 7.47. The fraction of sp³-hybridized carbons (Fsp3) is 0.768. The Bertz CT molecular complexity index is 1290. The van der Waals surface area contributed by atoms with Crippen molar-refractivity contribution in [3.63, 3.8) is 0 Å². The zero-order valence-electron chi connectivity index (χ0n) is 43.0. The number of phosphoric ester groups is 1. The van der Waals surface area contributed by atoms with Crippen LogP contribution in [0.3, 0.4) is 0 Å². The quantitative estimate of drug-likeness (QED) is 0.0243. The number of amides is 1. The highest BCUT2D eigenvalue weighted by atomic mass is 31.2. The summed E-state index contributed by atoms with van der Waals surface area (Å²) in [5.74, 6) is -0.205. The average Bonchev–Trinajstić information content (AvgIpc) is 3.26. The fourth-order valence-electron chi connectivity index (χ4n) is 7.37. The third-order valence-corrected chi connectivity index (χ3v) is 12.6. The maximum absolute atomic E-state index is 12.9.